The van der Waals surface area contributed by atoms with E-state index >= 15 is 0 Å². The average molecular weight is 295 g/mol. The standard InChI is InChI=1S/C13H17N3O3S/c1-8(17)4-5-15(3)11-6-10-13(20-9(2)14-10)7-12(11)16(18)19/h6-8,17H,4-5H2,1-3H3. The van der Waals surface area contributed by atoms with Gasteiger partial charge in [-0.3, -0.25) is 10.1 Å². The summed E-state index contributed by atoms with van der Waals surface area (Å²) in [5.74, 6) is 0. The highest BCUT2D eigenvalue weighted by Crippen LogP contribution is 2.34. The summed E-state index contributed by atoms with van der Waals surface area (Å²) in [6, 6.07) is 3.33. The molecule has 1 aromatic heterocycles. The number of hydrogen-bond donors (Lipinski definition) is 1. The molecule has 6 nitrogen and oxygen atoms in total. The Kier molecular flexibility index (Phi) is 4.20. The number of fused-ring (bicyclic) bond motifs is 1. The normalized spacial score (nSPS) is 12.6. The van der Waals surface area contributed by atoms with E-state index in [4.69, 9.17) is 0 Å². The van der Waals surface area contributed by atoms with Crippen molar-refractivity contribution >= 4 is 32.9 Å². The van der Waals surface area contributed by atoms with Gasteiger partial charge in [-0.25, -0.2) is 4.98 Å². The van der Waals surface area contributed by atoms with Gasteiger partial charge in [-0.2, -0.15) is 0 Å². The number of hydrogen-bond acceptors (Lipinski definition) is 6. The van der Waals surface area contributed by atoms with Crippen molar-refractivity contribution in [3.63, 3.8) is 0 Å². The van der Waals surface area contributed by atoms with Crippen LogP contribution in [0.15, 0.2) is 12.1 Å². The lowest BCUT2D eigenvalue weighted by Gasteiger charge is -2.19. The zero-order valence-corrected chi connectivity index (χ0v) is 12.5. The highest BCUT2D eigenvalue weighted by molar-refractivity contribution is 7.18. The molecule has 0 bridgehead atoms. The molecule has 0 fully saturated rings. The molecule has 108 valence electrons. The second-order valence-electron chi connectivity index (χ2n) is 4.86. The maximum Gasteiger partial charge on any atom is 0.294 e. The van der Waals surface area contributed by atoms with Crippen molar-refractivity contribution in [3.05, 3.63) is 27.3 Å². The van der Waals surface area contributed by atoms with Crippen LogP contribution in [0.2, 0.25) is 0 Å². The van der Waals surface area contributed by atoms with Gasteiger partial charge in [-0.15, -0.1) is 11.3 Å². The lowest BCUT2D eigenvalue weighted by molar-refractivity contribution is -0.384. The predicted molar refractivity (Wildman–Crippen MR) is 80.6 cm³/mol. The number of rotatable bonds is 5. The summed E-state index contributed by atoms with van der Waals surface area (Å²) in [4.78, 5) is 17.0. The maximum atomic E-state index is 11.2. The Hall–Kier alpha value is -1.73. The summed E-state index contributed by atoms with van der Waals surface area (Å²) in [6.07, 6.45) is 0.128. The molecule has 0 aliphatic rings. The highest BCUT2D eigenvalue weighted by Gasteiger charge is 2.20. The summed E-state index contributed by atoms with van der Waals surface area (Å²) >= 11 is 1.45. The average Bonchev–Trinajstić information content (AvgIpc) is 2.73. The minimum absolute atomic E-state index is 0.0780. The van der Waals surface area contributed by atoms with E-state index in [0.29, 0.717) is 18.7 Å². The van der Waals surface area contributed by atoms with Crippen LogP contribution in [0.5, 0.6) is 0 Å². The van der Waals surface area contributed by atoms with Crippen molar-refractivity contribution in [2.45, 2.75) is 26.4 Å². The van der Waals surface area contributed by atoms with E-state index < -0.39 is 6.10 Å². The third-order valence-electron chi connectivity index (χ3n) is 3.08. The van der Waals surface area contributed by atoms with Crippen LogP contribution < -0.4 is 4.90 Å². The van der Waals surface area contributed by atoms with Gasteiger partial charge in [0.05, 0.1) is 26.3 Å². The van der Waals surface area contributed by atoms with Crippen LogP contribution in [0.4, 0.5) is 11.4 Å². The number of aryl methyl sites for hydroxylation is 1. The fourth-order valence-corrected chi connectivity index (χ4v) is 2.86. The van der Waals surface area contributed by atoms with Gasteiger partial charge in [0.25, 0.3) is 5.69 Å². The zero-order valence-electron chi connectivity index (χ0n) is 11.7. The van der Waals surface area contributed by atoms with Crippen LogP contribution in [0.25, 0.3) is 10.2 Å². The molecule has 7 heteroatoms. The van der Waals surface area contributed by atoms with E-state index in [1.807, 2.05) is 6.92 Å². The lowest BCUT2D eigenvalue weighted by Crippen LogP contribution is -2.22. The minimum Gasteiger partial charge on any atom is -0.393 e. The Morgan fingerprint density at radius 1 is 1.55 bits per heavy atom. The summed E-state index contributed by atoms with van der Waals surface area (Å²) in [5.41, 5.74) is 1.39. The fraction of sp³-hybridized carbons (Fsp3) is 0.462. The molecule has 2 rings (SSSR count). The second-order valence-corrected chi connectivity index (χ2v) is 6.09. The monoisotopic (exact) mass is 295 g/mol. The Bertz CT molecular complexity index is 639. The van der Waals surface area contributed by atoms with Crippen molar-refractivity contribution in [2.24, 2.45) is 0 Å². The van der Waals surface area contributed by atoms with Gasteiger partial charge in [0.1, 0.15) is 5.69 Å². The lowest BCUT2D eigenvalue weighted by atomic mass is 10.2. The van der Waals surface area contributed by atoms with Crippen molar-refractivity contribution in [3.8, 4) is 0 Å². The molecule has 0 radical (unpaired) electrons. The Morgan fingerprint density at radius 3 is 2.85 bits per heavy atom. The molecule has 0 saturated heterocycles. The largest absolute Gasteiger partial charge is 0.393 e. The molecule has 1 atom stereocenters. The van der Waals surface area contributed by atoms with Crippen LogP contribution >= 0.6 is 11.3 Å². The number of aliphatic hydroxyl groups is 1. The topological polar surface area (TPSA) is 79.5 Å². The molecular weight excluding hydrogens is 278 g/mol. The van der Waals surface area contributed by atoms with E-state index in [9.17, 15) is 15.2 Å². The van der Waals surface area contributed by atoms with Gasteiger partial charge in [-0.1, -0.05) is 0 Å². The van der Waals surface area contributed by atoms with E-state index in [-0.39, 0.29) is 10.6 Å². The molecule has 0 saturated carbocycles. The van der Waals surface area contributed by atoms with Gasteiger partial charge >= 0.3 is 0 Å². The first-order valence-corrected chi connectivity index (χ1v) is 7.15. The van der Waals surface area contributed by atoms with Gasteiger partial charge in [0, 0.05) is 19.7 Å². The molecule has 1 unspecified atom stereocenters. The number of benzene rings is 1. The zero-order chi connectivity index (χ0) is 14.9. The van der Waals surface area contributed by atoms with Crippen molar-refractivity contribution in [2.75, 3.05) is 18.5 Å². The maximum absolute atomic E-state index is 11.2. The quantitative estimate of drug-likeness (QED) is 0.677. The molecule has 20 heavy (non-hydrogen) atoms. The number of thiazole rings is 1. The molecular formula is C13H17N3O3S. The summed E-state index contributed by atoms with van der Waals surface area (Å²) < 4.78 is 0.821. The molecule has 0 spiro atoms. The smallest absolute Gasteiger partial charge is 0.294 e. The summed E-state index contributed by atoms with van der Waals surface area (Å²) in [6.45, 7) is 4.13. The molecule has 1 heterocycles. The summed E-state index contributed by atoms with van der Waals surface area (Å²) in [5, 5.41) is 21.4. The van der Waals surface area contributed by atoms with Gasteiger partial charge in [-0.05, 0) is 26.3 Å². The molecule has 2 aromatic rings. The van der Waals surface area contributed by atoms with Crippen LogP contribution in [-0.4, -0.2) is 34.7 Å². The molecule has 0 aliphatic carbocycles. The highest BCUT2D eigenvalue weighted by atomic mass is 32.1. The van der Waals surface area contributed by atoms with Crippen LogP contribution in [0, 0.1) is 17.0 Å². The first-order chi connectivity index (χ1) is 9.38. The second kappa shape index (κ2) is 5.72. The van der Waals surface area contributed by atoms with E-state index in [0.717, 1.165) is 15.2 Å². The van der Waals surface area contributed by atoms with E-state index in [2.05, 4.69) is 4.98 Å². The Labute approximate surface area is 120 Å². The van der Waals surface area contributed by atoms with Crippen LogP contribution in [-0.2, 0) is 0 Å². The van der Waals surface area contributed by atoms with Crippen LogP contribution in [0.1, 0.15) is 18.4 Å². The number of nitrogens with zero attached hydrogens (tertiary/aromatic N) is 3. The molecule has 0 aliphatic heterocycles. The first kappa shape index (κ1) is 14.7. The van der Waals surface area contributed by atoms with Crippen LogP contribution in [0.3, 0.4) is 0 Å². The van der Waals surface area contributed by atoms with Gasteiger partial charge in [0.2, 0.25) is 0 Å². The number of nitro groups is 1. The number of aliphatic hydroxyl groups excluding tert-OH is 1. The van der Waals surface area contributed by atoms with Gasteiger partial charge in [0.15, 0.2) is 0 Å². The third kappa shape index (κ3) is 3.05. The van der Waals surface area contributed by atoms with Crippen molar-refractivity contribution < 1.29 is 10.0 Å². The fourth-order valence-electron chi connectivity index (χ4n) is 2.02. The van der Waals surface area contributed by atoms with Gasteiger partial charge < -0.3 is 10.0 Å². The molecule has 1 aromatic carbocycles. The van der Waals surface area contributed by atoms with Crippen molar-refractivity contribution in [1.82, 2.24) is 4.98 Å². The Morgan fingerprint density at radius 2 is 2.25 bits per heavy atom. The summed E-state index contributed by atoms with van der Waals surface area (Å²) in [7, 11) is 1.79. The van der Waals surface area contributed by atoms with E-state index in [1.165, 1.54) is 11.3 Å². The van der Waals surface area contributed by atoms with Crippen molar-refractivity contribution in [1.29, 1.82) is 0 Å². The number of nitro benzene ring substituents is 1. The van der Waals surface area contributed by atoms with E-state index in [1.54, 1.807) is 31.0 Å². The molecule has 1 N–H and O–H groups in total. The minimum atomic E-state index is -0.429. The molecule has 0 amide bonds. The SMILES string of the molecule is Cc1nc2cc(N(C)CCC(C)O)c([N+](=O)[O-])cc2s1. The predicted octanol–water partition coefficient (Wildman–Crippen LogP) is 2.72. The third-order valence-corrected chi connectivity index (χ3v) is 4.02. The number of anilines is 1. The Balaban J connectivity index is 2.43. The number of aromatic nitrogens is 1. The first-order valence-electron chi connectivity index (χ1n) is 6.33.